The Balaban J connectivity index is 1.74. The van der Waals surface area contributed by atoms with Gasteiger partial charge in [0.05, 0.1) is 18.2 Å². The molecule has 2 aromatic carbocycles. The highest BCUT2D eigenvalue weighted by Crippen LogP contribution is 2.37. The average Bonchev–Trinajstić information content (AvgIpc) is 2.68. The van der Waals surface area contributed by atoms with Crippen LogP contribution in [0.4, 0.5) is 18.9 Å². The molecule has 0 radical (unpaired) electrons. The molecule has 0 atom stereocenters. The standard InChI is InChI=1S/C20H21F3N2O2/c1-27-19(26)16-7-8-18(17(13-16)20(21,22)23)25-11-9-24(10-12-25)14-15-5-3-2-4-6-15/h2-8,13H,9-12,14H2,1H3. The highest BCUT2D eigenvalue weighted by atomic mass is 19.4. The van der Waals surface area contributed by atoms with E-state index in [1.165, 1.54) is 17.7 Å². The van der Waals surface area contributed by atoms with Gasteiger partial charge in [-0.15, -0.1) is 0 Å². The van der Waals surface area contributed by atoms with E-state index in [9.17, 15) is 18.0 Å². The summed E-state index contributed by atoms with van der Waals surface area (Å²) in [5, 5.41) is 0. The summed E-state index contributed by atoms with van der Waals surface area (Å²) in [5.74, 6) is -0.778. The molecule has 7 heteroatoms. The maximum Gasteiger partial charge on any atom is 0.418 e. The number of methoxy groups -OCH3 is 1. The first-order chi connectivity index (χ1) is 12.9. The monoisotopic (exact) mass is 378 g/mol. The zero-order chi connectivity index (χ0) is 19.4. The van der Waals surface area contributed by atoms with Gasteiger partial charge in [-0.05, 0) is 23.8 Å². The minimum absolute atomic E-state index is 0.101. The highest BCUT2D eigenvalue weighted by molar-refractivity contribution is 5.90. The van der Waals surface area contributed by atoms with Crippen molar-refractivity contribution in [1.82, 2.24) is 4.90 Å². The SMILES string of the molecule is COC(=O)c1ccc(N2CCN(Cc3ccccc3)CC2)c(C(F)(F)F)c1. The Labute approximate surface area is 156 Å². The first-order valence-electron chi connectivity index (χ1n) is 8.69. The molecule has 0 aliphatic carbocycles. The van der Waals surface area contributed by atoms with E-state index in [2.05, 4.69) is 9.64 Å². The molecule has 27 heavy (non-hydrogen) atoms. The van der Waals surface area contributed by atoms with Crippen molar-refractivity contribution in [2.45, 2.75) is 12.7 Å². The number of carbonyl (C=O) groups is 1. The summed E-state index contributed by atoms with van der Waals surface area (Å²) < 4.78 is 45.1. The number of hydrogen-bond donors (Lipinski definition) is 0. The first kappa shape index (κ1) is 19.2. The predicted octanol–water partition coefficient (Wildman–Crippen LogP) is 3.81. The van der Waals surface area contributed by atoms with Gasteiger partial charge in [-0.3, -0.25) is 4.90 Å². The van der Waals surface area contributed by atoms with E-state index < -0.39 is 17.7 Å². The first-order valence-corrected chi connectivity index (χ1v) is 8.69. The highest BCUT2D eigenvalue weighted by Gasteiger charge is 2.36. The van der Waals surface area contributed by atoms with Crippen molar-refractivity contribution >= 4 is 11.7 Å². The molecular formula is C20H21F3N2O2. The average molecular weight is 378 g/mol. The van der Waals surface area contributed by atoms with Crippen LogP contribution in [0.15, 0.2) is 48.5 Å². The molecule has 144 valence electrons. The van der Waals surface area contributed by atoms with E-state index in [0.29, 0.717) is 26.2 Å². The molecule has 1 saturated heterocycles. The van der Waals surface area contributed by atoms with E-state index in [4.69, 9.17) is 0 Å². The molecular weight excluding hydrogens is 357 g/mol. The number of alkyl halides is 3. The second-order valence-corrected chi connectivity index (χ2v) is 6.47. The minimum atomic E-state index is -4.54. The number of ether oxygens (including phenoxy) is 1. The van der Waals surface area contributed by atoms with E-state index in [0.717, 1.165) is 19.7 Å². The van der Waals surface area contributed by atoms with Gasteiger partial charge in [0, 0.05) is 38.4 Å². The van der Waals surface area contributed by atoms with Gasteiger partial charge in [0.1, 0.15) is 0 Å². The van der Waals surface area contributed by atoms with Crippen LogP contribution in [-0.2, 0) is 17.5 Å². The molecule has 1 aliphatic rings. The molecule has 1 heterocycles. The van der Waals surface area contributed by atoms with Crippen molar-refractivity contribution in [1.29, 1.82) is 0 Å². The molecule has 0 bridgehead atoms. The van der Waals surface area contributed by atoms with Crippen molar-refractivity contribution in [2.24, 2.45) is 0 Å². The number of hydrogen-bond acceptors (Lipinski definition) is 4. The molecule has 0 amide bonds. The molecule has 0 saturated carbocycles. The Bertz CT molecular complexity index is 786. The summed E-state index contributed by atoms with van der Waals surface area (Å²) in [7, 11) is 1.15. The van der Waals surface area contributed by atoms with Gasteiger partial charge in [-0.1, -0.05) is 30.3 Å². The van der Waals surface area contributed by atoms with Gasteiger partial charge in [-0.2, -0.15) is 13.2 Å². The van der Waals surface area contributed by atoms with Crippen LogP contribution in [0.1, 0.15) is 21.5 Å². The summed E-state index contributed by atoms with van der Waals surface area (Å²) in [6, 6.07) is 13.6. The lowest BCUT2D eigenvalue weighted by atomic mass is 10.1. The van der Waals surface area contributed by atoms with Crippen LogP contribution in [0, 0.1) is 0 Å². The lowest BCUT2D eigenvalue weighted by Gasteiger charge is -2.37. The largest absolute Gasteiger partial charge is 0.465 e. The van der Waals surface area contributed by atoms with Crippen LogP contribution in [-0.4, -0.2) is 44.2 Å². The quantitative estimate of drug-likeness (QED) is 0.758. The molecule has 2 aromatic rings. The number of esters is 1. The van der Waals surface area contributed by atoms with E-state index in [1.807, 2.05) is 30.3 Å². The molecule has 1 aliphatic heterocycles. The number of rotatable bonds is 4. The van der Waals surface area contributed by atoms with Crippen molar-refractivity contribution in [3.8, 4) is 0 Å². The van der Waals surface area contributed by atoms with Gasteiger partial charge < -0.3 is 9.64 Å². The summed E-state index contributed by atoms with van der Waals surface area (Å²) in [6.07, 6.45) is -4.54. The van der Waals surface area contributed by atoms with Crippen LogP contribution < -0.4 is 4.90 Å². The van der Waals surface area contributed by atoms with Crippen LogP contribution in [0.5, 0.6) is 0 Å². The van der Waals surface area contributed by atoms with E-state index >= 15 is 0 Å². The normalized spacial score (nSPS) is 15.6. The Morgan fingerprint density at radius 2 is 1.70 bits per heavy atom. The molecule has 4 nitrogen and oxygen atoms in total. The molecule has 1 fully saturated rings. The van der Waals surface area contributed by atoms with Crippen LogP contribution in [0.2, 0.25) is 0 Å². The topological polar surface area (TPSA) is 32.8 Å². The van der Waals surface area contributed by atoms with Crippen molar-refractivity contribution in [3.63, 3.8) is 0 Å². The molecule has 0 spiro atoms. The Morgan fingerprint density at radius 1 is 1.04 bits per heavy atom. The molecule has 0 N–H and O–H groups in total. The molecule has 0 aromatic heterocycles. The zero-order valence-electron chi connectivity index (χ0n) is 15.0. The molecule has 3 rings (SSSR count). The van der Waals surface area contributed by atoms with Gasteiger partial charge in [0.25, 0.3) is 0 Å². The number of piperazine rings is 1. The number of benzene rings is 2. The summed E-state index contributed by atoms with van der Waals surface area (Å²) >= 11 is 0. The molecule has 0 unspecified atom stereocenters. The Kier molecular flexibility index (Phi) is 5.70. The Morgan fingerprint density at radius 3 is 2.30 bits per heavy atom. The van der Waals surface area contributed by atoms with Crippen LogP contribution in [0.3, 0.4) is 0 Å². The lowest BCUT2D eigenvalue weighted by molar-refractivity contribution is -0.137. The fraction of sp³-hybridized carbons (Fsp3) is 0.350. The van der Waals surface area contributed by atoms with Gasteiger partial charge >= 0.3 is 12.1 Å². The summed E-state index contributed by atoms with van der Waals surface area (Å²) in [4.78, 5) is 15.5. The van der Waals surface area contributed by atoms with Gasteiger partial charge in [-0.25, -0.2) is 4.79 Å². The van der Waals surface area contributed by atoms with Crippen molar-refractivity contribution in [2.75, 3.05) is 38.2 Å². The smallest absolute Gasteiger partial charge is 0.418 e. The van der Waals surface area contributed by atoms with Crippen molar-refractivity contribution in [3.05, 3.63) is 65.2 Å². The van der Waals surface area contributed by atoms with E-state index in [1.54, 1.807) is 4.90 Å². The third-order valence-corrected chi connectivity index (χ3v) is 4.69. The number of carbonyl (C=O) groups excluding carboxylic acids is 1. The van der Waals surface area contributed by atoms with Crippen LogP contribution >= 0.6 is 0 Å². The van der Waals surface area contributed by atoms with Gasteiger partial charge in [0.15, 0.2) is 0 Å². The number of nitrogens with zero attached hydrogens (tertiary/aromatic N) is 2. The number of halogens is 3. The lowest BCUT2D eigenvalue weighted by Crippen LogP contribution is -2.46. The zero-order valence-corrected chi connectivity index (χ0v) is 15.0. The predicted molar refractivity (Wildman–Crippen MR) is 96.7 cm³/mol. The Hall–Kier alpha value is -2.54. The van der Waals surface area contributed by atoms with Crippen LogP contribution in [0.25, 0.3) is 0 Å². The number of anilines is 1. The van der Waals surface area contributed by atoms with Gasteiger partial charge in [0.2, 0.25) is 0 Å². The fourth-order valence-electron chi connectivity index (χ4n) is 3.27. The maximum absolute atomic E-state index is 13.5. The summed E-state index contributed by atoms with van der Waals surface area (Å²) in [5.41, 5.74) is 0.386. The second kappa shape index (κ2) is 8.00. The fourth-order valence-corrected chi connectivity index (χ4v) is 3.27. The van der Waals surface area contributed by atoms with E-state index in [-0.39, 0.29) is 11.3 Å². The summed E-state index contributed by atoms with van der Waals surface area (Å²) in [6.45, 7) is 3.11. The third-order valence-electron chi connectivity index (χ3n) is 4.69. The second-order valence-electron chi connectivity index (χ2n) is 6.47. The van der Waals surface area contributed by atoms with Crippen molar-refractivity contribution < 1.29 is 22.7 Å². The third kappa shape index (κ3) is 4.60. The maximum atomic E-state index is 13.5. The minimum Gasteiger partial charge on any atom is -0.465 e.